The van der Waals surface area contributed by atoms with Crippen molar-refractivity contribution in [1.82, 2.24) is 0 Å². The topological polar surface area (TPSA) is 46.5 Å². The van der Waals surface area contributed by atoms with E-state index in [0.29, 0.717) is 12.8 Å². The van der Waals surface area contributed by atoms with E-state index in [1.54, 1.807) is 0 Å². The summed E-state index contributed by atoms with van der Waals surface area (Å²) in [4.78, 5) is 9.37. The molecule has 1 unspecified atom stereocenters. The predicted molar refractivity (Wildman–Crippen MR) is 59.7 cm³/mol. The van der Waals surface area contributed by atoms with E-state index in [-0.39, 0.29) is 17.4 Å². The Hall–Kier alpha value is 0.682. The maximum Gasteiger partial charge on any atom is 0.328 e. The van der Waals surface area contributed by atoms with Gasteiger partial charge in [-0.05, 0) is 12.8 Å². The number of rotatable bonds is 9. The molecule has 5 heteroatoms. The van der Waals surface area contributed by atoms with Gasteiger partial charge in [-0.15, -0.1) is 0 Å². The van der Waals surface area contributed by atoms with Crippen LogP contribution in [-0.4, -0.2) is 17.7 Å². The van der Waals surface area contributed by atoms with Gasteiger partial charge in [0, 0.05) is 23.5 Å². The van der Waals surface area contributed by atoms with Gasteiger partial charge in [-0.3, -0.25) is 4.57 Å². The second kappa shape index (κ2) is 11.2. The van der Waals surface area contributed by atoms with Gasteiger partial charge in [0.1, 0.15) is 0 Å². The molecule has 0 saturated carbocycles. The Balaban J connectivity index is 0. The smallest absolute Gasteiger partial charge is 0.324 e. The van der Waals surface area contributed by atoms with E-state index in [1.807, 2.05) is 0 Å². The van der Waals surface area contributed by atoms with Crippen LogP contribution < -0.4 is 0 Å². The van der Waals surface area contributed by atoms with Gasteiger partial charge in [0.2, 0.25) is 0 Å². The van der Waals surface area contributed by atoms with Crippen LogP contribution in [0.3, 0.4) is 0 Å². The van der Waals surface area contributed by atoms with Crippen LogP contribution in [0.25, 0.3) is 0 Å². The van der Waals surface area contributed by atoms with Crippen LogP contribution in [0.15, 0.2) is 0 Å². The molecule has 0 heterocycles. The summed E-state index contributed by atoms with van der Waals surface area (Å²) in [5.41, 5.74) is 0. The van der Waals surface area contributed by atoms with Gasteiger partial charge in [-0.2, -0.15) is 0 Å². The minimum absolute atomic E-state index is 0. The first-order chi connectivity index (χ1) is 6.62. The van der Waals surface area contributed by atoms with Crippen LogP contribution in [0.1, 0.15) is 52.4 Å². The van der Waals surface area contributed by atoms with Gasteiger partial charge < -0.3 is 9.42 Å². The van der Waals surface area contributed by atoms with Crippen molar-refractivity contribution >= 4 is 7.60 Å². The second-order valence-corrected chi connectivity index (χ2v) is 5.59. The molecule has 0 aromatic rings. The first kappa shape index (κ1) is 18.1. The molecule has 0 saturated heterocycles. The first-order valence-electron chi connectivity index (χ1n) is 5.58. The summed E-state index contributed by atoms with van der Waals surface area (Å²) in [6.07, 6.45) is 6.22. The van der Waals surface area contributed by atoms with Crippen molar-refractivity contribution < 1.29 is 31.3 Å². The molecule has 1 atom stereocenters. The van der Waals surface area contributed by atoms with Crippen molar-refractivity contribution in [3.63, 3.8) is 0 Å². The molecule has 0 aliphatic carbocycles. The average Bonchev–Trinajstić information content (AvgIpc) is 2.13. The Labute approximate surface area is 104 Å². The van der Waals surface area contributed by atoms with Gasteiger partial charge in [0.05, 0.1) is 6.61 Å². The van der Waals surface area contributed by atoms with E-state index in [1.165, 1.54) is 0 Å². The van der Waals surface area contributed by atoms with E-state index in [0.717, 1.165) is 38.5 Å². The molecule has 0 bridgehead atoms. The SMILES string of the molecule is CCCCCOP(=O)(O)CCCCC.[Cr]. The van der Waals surface area contributed by atoms with E-state index in [4.69, 9.17) is 4.52 Å². The normalized spacial score (nSPS) is 14.3. The summed E-state index contributed by atoms with van der Waals surface area (Å²) in [6.45, 7) is 4.60. The van der Waals surface area contributed by atoms with E-state index >= 15 is 0 Å². The molecule has 0 radical (unpaired) electrons. The van der Waals surface area contributed by atoms with E-state index in [2.05, 4.69) is 13.8 Å². The zero-order valence-corrected chi connectivity index (χ0v) is 11.9. The third kappa shape index (κ3) is 12.6. The van der Waals surface area contributed by atoms with Crippen molar-refractivity contribution in [1.29, 1.82) is 0 Å². The predicted octanol–water partition coefficient (Wildman–Crippen LogP) is 3.57. The molecular formula is C10H23CrO3P. The molecule has 0 rings (SSSR count). The fourth-order valence-corrected chi connectivity index (χ4v) is 2.35. The summed E-state index contributed by atoms with van der Waals surface area (Å²) in [5, 5.41) is 0. The van der Waals surface area contributed by atoms with Gasteiger partial charge in [-0.25, -0.2) is 0 Å². The van der Waals surface area contributed by atoms with Gasteiger partial charge in [-0.1, -0.05) is 39.5 Å². The molecule has 0 spiro atoms. The van der Waals surface area contributed by atoms with Crippen LogP contribution in [0, 0.1) is 0 Å². The number of hydrogen-bond acceptors (Lipinski definition) is 2. The van der Waals surface area contributed by atoms with Gasteiger partial charge in [0.15, 0.2) is 0 Å². The third-order valence-corrected chi connectivity index (χ3v) is 3.55. The minimum atomic E-state index is -3.26. The molecular weight excluding hydrogens is 251 g/mol. The van der Waals surface area contributed by atoms with Crippen molar-refractivity contribution in [3.05, 3.63) is 0 Å². The fourth-order valence-electron chi connectivity index (χ4n) is 1.19. The molecule has 15 heavy (non-hydrogen) atoms. The molecule has 0 aliphatic rings. The van der Waals surface area contributed by atoms with Crippen LogP contribution in [-0.2, 0) is 26.4 Å². The zero-order valence-electron chi connectivity index (χ0n) is 9.78. The zero-order chi connectivity index (χ0) is 10.9. The molecule has 0 fully saturated rings. The summed E-state index contributed by atoms with van der Waals surface area (Å²) in [6, 6.07) is 0. The molecule has 1 N–H and O–H groups in total. The van der Waals surface area contributed by atoms with Crippen molar-refractivity contribution in [3.8, 4) is 0 Å². The van der Waals surface area contributed by atoms with Crippen molar-refractivity contribution in [2.45, 2.75) is 52.4 Å². The Morgan fingerprint density at radius 2 is 1.60 bits per heavy atom. The summed E-state index contributed by atoms with van der Waals surface area (Å²) in [5.74, 6) is 0. The van der Waals surface area contributed by atoms with E-state index in [9.17, 15) is 9.46 Å². The van der Waals surface area contributed by atoms with Gasteiger partial charge >= 0.3 is 7.60 Å². The largest absolute Gasteiger partial charge is 0.328 e. The first-order valence-corrected chi connectivity index (χ1v) is 7.35. The summed E-state index contributed by atoms with van der Waals surface area (Å²) in [7, 11) is -3.26. The van der Waals surface area contributed by atoms with Crippen molar-refractivity contribution in [2.24, 2.45) is 0 Å². The quantitative estimate of drug-likeness (QED) is 0.516. The van der Waals surface area contributed by atoms with E-state index < -0.39 is 7.60 Å². The summed E-state index contributed by atoms with van der Waals surface area (Å²) >= 11 is 0. The monoisotopic (exact) mass is 274 g/mol. The number of unbranched alkanes of at least 4 members (excludes halogenated alkanes) is 4. The average molecular weight is 274 g/mol. The molecule has 0 amide bonds. The minimum Gasteiger partial charge on any atom is -0.324 e. The standard InChI is InChI=1S/C10H23O3P.Cr/c1-3-5-7-9-13-14(11,12)10-8-6-4-2;/h3-10H2,1-2H3,(H,11,12);. The Bertz CT molecular complexity index is 176. The van der Waals surface area contributed by atoms with Crippen LogP contribution in [0.2, 0.25) is 0 Å². The maximum atomic E-state index is 11.4. The summed E-state index contributed by atoms with van der Waals surface area (Å²) < 4.78 is 16.4. The number of hydrogen-bond donors (Lipinski definition) is 1. The van der Waals surface area contributed by atoms with Crippen LogP contribution >= 0.6 is 7.60 Å². The fraction of sp³-hybridized carbons (Fsp3) is 1.00. The molecule has 0 aromatic heterocycles. The Morgan fingerprint density at radius 3 is 2.13 bits per heavy atom. The Morgan fingerprint density at radius 1 is 1.07 bits per heavy atom. The maximum absolute atomic E-state index is 11.4. The second-order valence-electron chi connectivity index (χ2n) is 3.61. The van der Waals surface area contributed by atoms with Gasteiger partial charge in [0.25, 0.3) is 0 Å². The van der Waals surface area contributed by atoms with Crippen LogP contribution in [0.5, 0.6) is 0 Å². The molecule has 0 aliphatic heterocycles. The molecule has 3 nitrogen and oxygen atoms in total. The van der Waals surface area contributed by atoms with Crippen LogP contribution in [0.4, 0.5) is 0 Å². The van der Waals surface area contributed by atoms with Crippen molar-refractivity contribution in [2.75, 3.05) is 12.8 Å². The molecule has 0 aromatic carbocycles. The third-order valence-electron chi connectivity index (χ3n) is 2.09. The molecule has 92 valence electrons. The Kier molecular flexibility index (Phi) is 13.5.